The fourth-order valence-corrected chi connectivity index (χ4v) is 1.59. The molecule has 0 saturated carbocycles. The molecular formula is C11H17N3OS. The van der Waals surface area contributed by atoms with Crippen LogP contribution in [-0.4, -0.2) is 36.0 Å². The monoisotopic (exact) mass is 239 g/mol. The molecule has 1 amide bonds. The lowest BCUT2D eigenvalue weighted by atomic mass is 10.2. The molecule has 4 nitrogen and oxygen atoms in total. The van der Waals surface area contributed by atoms with Gasteiger partial charge in [-0.3, -0.25) is 9.78 Å². The number of rotatable bonds is 6. The number of hydrogen-bond acceptors (Lipinski definition) is 4. The van der Waals surface area contributed by atoms with Crippen molar-refractivity contribution in [3.05, 3.63) is 24.0 Å². The van der Waals surface area contributed by atoms with Gasteiger partial charge in [-0.05, 0) is 19.2 Å². The Morgan fingerprint density at radius 3 is 3.06 bits per heavy atom. The molecule has 0 atom stereocenters. The maximum atomic E-state index is 11.8. The molecule has 2 N–H and O–H groups in total. The van der Waals surface area contributed by atoms with Gasteiger partial charge >= 0.3 is 0 Å². The van der Waals surface area contributed by atoms with Crippen LogP contribution in [0.2, 0.25) is 0 Å². The molecule has 0 aromatic carbocycles. The number of anilines is 1. The second-order valence-electron chi connectivity index (χ2n) is 3.20. The smallest absolute Gasteiger partial charge is 0.254 e. The molecular weight excluding hydrogens is 222 g/mol. The number of carbonyl (C=O) groups excluding carboxylic acids is 1. The predicted octanol–water partition coefficient (Wildman–Crippen LogP) is 1.61. The number of hydrogen-bond donors (Lipinski definition) is 2. The van der Waals surface area contributed by atoms with Gasteiger partial charge in [0, 0.05) is 31.2 Å². The molecule has 0 fully saturated rings. The number of nitrogens with one attached hydrogen (secondary N) is 2. The normalized spacial score (nSPS) is 9.88. The van der Waals surface area contributed by atoms with Crippen LogP contribution in [0.25, 0.3) is 0 Å². The summed E-state index contributed by atoms with van der Waals surface area (Å²) in [6, 6.07) is 1.81. The Morgan fingerprint density at radius 2 is 2.38 bits per heavy atom. The zero-order valence-electron chi connectivity index (χ0n) is 9.62. The average Bonchev–Trinajstić information content (AvgIpc) is 2.30. The van der Waals surface area contributed by atoms with Crippen molar-refractivity contribution in [3.63, 3.8) is 0 Å². The van der Waals surface area contributed by atoms with E-state index in [1.165, 1.54) is 0 Å². The first-order valence-electron chi connectivity index (χ1n) is 5.24. The van der Waals surface area contributed by atoms with Crippen LogP contribution < -0.4 is 10.6 Å². The highest BCUT2D eigenvalue weighted by molar-refractivity contribution is 7.98. The Labute approximate surface area is 100 Å². The lowest BCUT2D eigenvalue weighted by Gasteiger charge is -2.09. The van der Waals surface area contributed by atoms with Crippen LogP contribution >= 0.6 is 11.8 Å². The summed E-state index contributed by atoms with van der Waals surface area (Å²) in [6.45, 7) is 3.46. The summed E-state index contributed by atoms with van der Waals surface area (Å²) in [5, 5.41) is 6.00. The average molecular weight is 239 g/mol. The first kappa shape index (κ1) is 12.8. The predicted molar refractivity (Wildman–Crippen MR) is 69.1 cm³/mol. The van der Waals surface area contributed by atoms with Crippen molar-refractivity contribution < 1.29 is 4.79 Å². The summed E-state index contributed by atoms with van der Waals surface area (Å²) >= 11 is 1.71. The molecule has 0 aliphatic carbocycles. The van der Waals surface area contributed by atoms with E-state index in [1.54, 1.807) is 24.2 Å². The Balaban J connectivity index is 2.66. The summed E-state index contributed by atoms with van der Waals surface area (Å²) in [7, 11) is 0. The van der Waals surface area contributed by atoms with Crippen molar-refractivity contribution in [2.75, 3.05) is 30.4 Å². The number of nitrogens with zero attached hydrogens (tertiary/aromatic N) is 1. The van der Waals surface area contributed by atoms with Gasteiger partial charge in [0.05, 0.1) is 11.3 Å². The Morgan fingerprint density at radius 1 is 1.56 bits per heavy atom. The van der Waals surface area contributed by atoms with Crippen LogP contribution in [0.4, 0.5) is 5.69 Å². The number of carbonyl (C=O) groups is 1. The maximum absolute atomic E-state index is 11.8. The second kappa shape index (κ2) is 7.11. The van der Waals surface area contributed by atoms with Crippen LogP contribution in [0.1, 0.15) is 17.3 Å². The molecule has 1 heterocycles. The second-order valence-corrected chi connectivity index (χ2v) is 4.19. The van der Waals surface area contributed by atoms with Gasteiger partial charge in [0.1, 0.15) is 0 Å². The minimum atomic E-state index is -0.0712. The quantitative estimate of drug-likeness (QED) is 0.740. The van der Waals surface area contributed by atoms with E-state index in [-0.39, 0.29) is 5.91 Å². The maximum Gasteiger partial charge on any atom is 0.254 e. The largest absolute Gasteiger partial charge is 0.385 e. The zero-order chi connectivity index (χ0) is 11.8. The van der Waals surface area contributed by atoms with Gasteiger partial charge in [-0.1, -0.05) is 0 Å². The van der Waals surface area contributed by atoms with Crippen molar-refractivity contribution >= 4 is 23.4 Å². The summed E-state index contributed by atoms with van der Waals surface area (Å²) in [5.41, 5.74) is 1.43. The van der Waals surface area contributed by atoms with E-state index in [0.717, 1.165) is 18.0 Å². The van der Waals surface area contributed by atoms with Crippen molar-refractivity contribution in [2.24, 2.45) is 0 Å². The van der Waals surface area contributed by atoms with E-state index < -0.39 is 0 Å². The first-order valence-corrected chi connectivity index (χ1v) is 6.64. The van der Waals surface area contributed by atoms with E-state index >= 15 is 0 Å². The van der Waals surface area contributed by atoms with Crippen LogP contribution in [0.5, 0.6) is 0 Å². The van der Waals surface area contributed by atoms with E-state index in [2.05, 4.69) is 15.6 Å². The minimum absolute atomic E-state index is 0.0712. The summed E-state index contributed by atoms with van der Waals surface area (Å²) in [6.07, 6.45) is 5.28. The molecule has 5 heteroatoms. The summed E-state index contributed by atoms with van der Waals surface area (Å²) < 4.78 is 0. The van der Waals surface area contributed by atoms with Gasteiger partial charge in [0.15, 0.2) is 0 Å². The SMILES string of the molecule is CCNc1ccncc1C(=O)NCCSC. The Bertz CT molecular complexity index is 344. The third-order valence-electron chi connectivity index (χ3n) is 2.02. The summed E-state index contributed by atoms with van der Waals surface area (Å²) in [5.74, 6) is 0.848. The highest BCUT2D eigenvalue weighted by Crippen LogP contribution is 2.12. The van der Waals surface area contributed by atoms with Gasteiger partial charge in [-0.15, -0.1) is 0 Å². The van der Waals surface area contributed by atoms with Gasteiger partial charge in [-0.2, -0.15) is 11.8 Å². The van der Waals surface area contributed by atoms with Crippen LogP contribution in [0.15, 0.2) is 18.5 Å². The fourth-order valence-electron chi connectivity index (χ4n) is 1.28. The molecule has 16 heavy (non-hydrogen) atoms. The topological polar surface area (TPSA) is 54.0 Å². The van der Waals surface area contributed by atoms with Crippen LogP contribution in [-0.2, 0) is 0 Å². The fraction of sp³-hybridized carbons (Fsp3) is 0.455. The molecule has 0 aliphatic rings. The van der Waals surface area contributed by atoms with E-state index in [9.17, 15) is 4.79 Å². The molecule has 0 spiro atoms. The third-order valence-corrected chi connectivity index (χ3v) is 2.64. The first-order chi connectivity index (χ1) is 7.79. The Hall–Kier alpha value is -1.23. The highest BCUT2D eigenvalue weighted by atomic mass is 32.2. The lowest BCUT2D eigenvalue weighted by molar-refractivity contribution is 0.0956. The third kappa shape index (κ3) is 3.73. The molecule has 0 radical (unpaired) electrons. The molecule has 0 saturated heterocycles. The van der Waals surface area contributed by atoms with Gasteiger partial charge < -0.3 is 10.6 Å². The zero-order valence-corrected chi connectivity index (χ0v) is 10.4. The van der Waals surface area contributed by atoms with Gasteiger partial charge in [0.2, 0.25) is 0 Å². The standard InChI is InChI=1S/C11H17N3OS/c1-3-13-10-4-5-12-8-9(10)11(15)14-6-7-16-2/h4-5,8H,3,6-7H2,1-2H3,(H,12,13)(H,14,15). The van der Waals surface area contributed by atoms with Crippen molar-refractivity contribution in [1.82, 2.24) is 10.3 Å². The van der Waals surface area contributed by atoms with Crippen LogP contribution in [0.3, 0.4) is 0 Å². The molecule has 0 bridgehead atoms. The van der Waals surface area contributed by atoms with Gasteiger partial charge in [0.25, 0.3) is 5.91 Å². The molecule has 88 valence electrons. The highest BCUT2D eigenvalue weighted by Gasteiger charge is 2.09. The number of amides is 1. The van der Waals surface area contributed by atoms with Crippen molar-refractivity contribution in [1.29, 1.82) is 0 Å². The van der Waals surface area contributed by atoms with Gasteiger partial charge in [-0.25, -0.2) is 0 Å². The van der Waals surface area contributed by atoms with E-state index in [0.29, 0.717) is 12.1 Å². The molecule has 1 aromatic rings. The molecule has 0 aliphatic heterocycles. The number of pyridine rings is 1. The van der Waals surface area contributed by atoms with Crippen LogP contribution in [0, 0.1) is 0 Å². The summed E-state index contributed by atoms with van der Waals surface area (Å²) in [4.78, 5) is 15.8. The molecule has 1 rings (SSSR count). The lowest BCUT2D eigenvalue weighted by Crippen LogP contribution is -2.26. The van der Waals surface area contributed by atoms with Crippen molar-refractivity contribution in [3.8, 4) is 0 Å². The number of aromatic nitrogens is 1. The minimum Gasteiger partial charge on any atom is -0.385 e. The van der Waals surface area contributed by atoms with E-state index in [1.807, 2.05) is 19.2 Å². The van der Waals surface area contributed by atoms with Crippen molar-refractivity contribution in [2.45, 2.75) is 6.92 Å². The molecule has 0 unspecified atom stereocenters. The Kier molecular flexibility index (Phi) is 5.71. The molecule has 1 aromatic heterocycles. The van der Waals surface area contributed by atoms with E-state index in [4.69, 9.17) is 0 Å². The number of thioether (sulfide) groups is 1.